The molecular weight excluding hydrogens is 419 g/mol. The molecule has 0 amide bonds. The van der Waals surface area contributed by atoms with Crippen molar-refractivity contribution in [3.8, 4) is 6.07 Å². The molecule has 3 heterocycles. The summed E-state index contributed by atoms with van der Waals surface area (Å²) in [5.74, 6) is -2.94. The Hall–Kier alpha value is -3.26. The molecule has 2 N–H and O–H groups in total. The number of nitriles is 1. The van der Waals surface area contributed by atoms with Crippen molar-refractivity contribution in [2.24, 2.45) is 5.73 Å². The van der Waals surface area contributed by atoms with Gasteiger partial charge in [0.05, 0.1) is 34.9 Å². The van der Waals surface area contributed by atoms with Gasteiger partial charge in [0, 0.05) is 25.7 Å². The van der Waals surface area contributed by atoms with E-state index in [1.54, 1.807) is 12.1 Å². The van der Waals surface area contributed by atoms with Crippen LogP contribution in [0.4, 0.5) is 27.9 Å². The van der Waals surface area contributed by atoms with Crippen LogP contribution in [0, 0.1) is 11.3 Å². The molecule has 6 nitrogen and oxygen atoms in total. The van der Waals surface area contributed by atoms with Crippen LogP contribution in [0.15, 0.2) is 36.5 Å². The van der Waals surface area contributed by atoms with Crippen LogP contribution in [0.1, 0.15) is 23.2 Å². The fourth-order valence-corrected chi connectivity index (χ4v) is 3.62. The molecule has 2 aromatic heterocycles. The Morgan fingerprint density at radius 3 is 2.61 bits per heavy atom. The first-order valence-electron chi connectivity index (χ1n) is 9.40. The molecule has 1 fully saturated rings. The molecule has 11 heteroatoms. The number of imidazole rings is 1. The zero-order valence-corrected chi connectivity index (χ0v) is 16.1. The summed E-state index contributed by atoms with van der Waals surface area (Å²) in [6.07, 6.45) is -3.81. The van der Waals surface area contributed by atoms with Gasteiger partial charge in [-0.15, -0.1) is 0 Å². The molecule has 0 aliphatic carbocycles. The molecule has 1 aliphatic rings. The zero-order valence-electron chi connectivity index (χ0n) is 16.1. The highest BCUT2D eigenvalue weighted by Crippen LogP contribution is 2.37. The Bertz CT molecular complexity index is 1150. The third-order valence-corrected chi connectivity index (χ3v) is 5.30. The smallest absolute Gasteiger partial charge is 0.340 e. The number of rotatable bonds is 3. The molecule has 1 aromatic carbocycles. The van der Waals surface area contributed by atoms with Gasteiger partial charge in [0.2, 0.25) is 5.95 Å². The van der Waals surface area contributed by atoms with Crippen LogP contribution >= 0.6 is 0 Å². The Morgan fingerprint density at radius 1 is 1.23 bits per heavy atom. The highest BCUT2D eigenvalue weighted by molar-refractivity contribution is 5.83. The first-order chi connectivity index (χ1) is 14.6. The fraction of sp³-hybridized carbons (Fsp3) is 0.350. The number of halogens is 5. The molecule has 162 valence electrons. The lowest BCUT2D eigenvalue weighted by molar-refractivity contribution is -0.136. The molecule has 1 unspecified atom stereocenters. The van der Waals surface area contributed by atoms with Gasteiger partial charge < -0.3 is 15.2 Å². The van der Waals surface area contributed by atoms with Crippen LogP contribution < -0.4 is 10.6 Å². The lowest BCUT2D eigenvalue weighted by atomic mass is 10.0. The van der Waals surface area contributed by atoms with Crippen molar-refractivity contribution in [3.63, 3.8) is 0 Å². The topological polar surface area (TPSA) is 83.8 Å². The number of piperidine rings is 1. The van der Waals surface area contributed by atoms with Gasteiger partial charge >= 0.3 is 6.18 Å². The minimum absolute atomic E-state index is 0.0426. The summed E-state index contributed by atoms with van der Waals surface area (Å²) in [4.78, 5) is 9.85. The van der Waals surface area contributed by atoms with E-state index in [-0.39, 0.29) is 36.6 Å². The van der Waals surface area contributed by atoms with E-state index < -0.39 is 30.1 Å². The predicted octanol–water partition coefficient (Wildman–Crippen LogP) is 3.54. The maximum absolute atomic E-state index is 13.9. The summed E-state index contributed by atoms with van der Waals surface area (Å²) in [5, 5.41) is 8.92. The van der Waals surface area contributed by atoms with E-state index >= 15 is 0 Å². The molecule has 0 saturated carbocycles. The van der Waals surface area contributed by atoms with Crippen LogP contribution in [-0.2, 0) is 12.7 Å². The van der Waals surface area contributed by atoms with Crippen LogP contribution in [0.3, 0.4) is 0 Å². The summed E-state index contributed by atoms with van der Waals surface area (Å²) in [5.41, 5.74) is 5.44. The van der Waals surface area contributed by atoms with Crippen molar-refractivity contribution < 1.29 is 22.0 Å². The van der Waals surface area contributed by atoms with Crippen molar-refractivity contribution in [1.82, 2.24) is 14.5 Å². The Kier molecular flexibility index (Phi) is 5.05. The van der Waals surface area contributed by atoms with Gasteiger partial charge in [-0.05, 0) is 24.3 Å². The van der Waals surface area contributed by atoms with Gasteiger partial charge in [-0.3, -0.25) is 4.98 Å². The number of hydrogen-bond acceptors (Lipinski definition) is 5. The third kappa shape index (κ3) is 3.90. The molecule has 1 aliphatic heterocycles. The standard InChI is InChI=1S/C20H17F5N6/c21-19(22)6-7-30(11-16(19)27)18-29-17-14(20(23,24)25)2-1-3-15(17)31(18)10-13-5-4-12(8-26)9-28-13/h1-5,9,16H,6-7,10-11,27H2. The number of para-hydroxylation sites is 1. The SMILES string of the molecule is N#Cc1ccc(Cn2c(N3CCC(F)(F)C(N)C3)nc3c(C(F)(F)F)cccc32)nc1. The van der Waals surface area contributed by atoms with E-state index in [1.165, 1.54) is 27.8 Å². The highest BCUT2D eigenvalue weighted by Gasteiger charge is 2.43. The maximum atomic E-state index is 13.9. The average molecular weight is 436 g/mol. The summed E-state index contributed by atoms with van der Waals surface area (Å²) in [7, 11) is 0. The number of nitrogens with zero attached hydrogens (tertiary/aromatic N) is 5. The largest absolute Gasteiger partial charge is 0.418 e. The Morgan fingerprint density at radius 2 is 2.00 bits per heavy atom. The van der Waals surface area contributed by atoms with Crippen molar-refractivity contribution >= 4 is 17.0 Å². The summed E-state index contributed by atoms with van der Waals surface area (Å²) in [6.45, 7) is -0.314. The van der Waals surface area contributed by atoms with E-state index in [0.717, 1.165) is 6.07 Å². The van der Waals surface area contributed by atoms with Crippen molar-refractivity contribution in [2.75, 3.05) is 18.0 Å². The quantitative estimate of drug-likeness (QED) is 0.635. The molecule has 1 atom stereocenters. The number of nitrogens with two attached hydrogens (primary N) is 1. The van der Waals surface area contributed by atoms with E-state index in [4.69, 9.17) is 11.0 Å². The van der Waals surface area contributed by atoms with Gasteiger partial charge in [0.15, 0.2) is 0 Å². The molecule has 4 rings (SSSR count). The van der Waals surface area contributed by atoms with Crippen LogP contribution in [0.25, 0.3) is 11.0 Å². The predicted molar refractivity (Wildman–Crippen MR) is 103 cm³/mol. The van der Waals surface area contributed by atoms with Crippen molar-refractivity contribution in [2.45, 2.75) is 31.1 Å². The molecule has 1 saturated heterocycles. The van der Waals surface area contributed by atoms with E-state index in [1.807, 2.05) is 6.07 Å². The molecule has 0 spiro atoms. The second-order valence-electron chi connectivity index (χ2n) is 7.38. The fourth-order valence-electron chi connectivity index (χ4n) is 3.62. The van der Waals surface area contributed by atoms with Gasteiger partial charge in [-0.25, -0.2) is 13.8 Å². The first-order valence-corrected chi connectivity index (χ1v) is 9.40. The lowest BCUT2D eigenvalue weighted by Gasteiger charge is -2.37. The van der Waals surface area contributed by atoms with Gasteiger partial charge in [0.1, 0.15) is 11.6 Å². The molecule has 0 bridgehead atoms. The normalized spacial score (nSPS) is 18.9. The van der Waals surface area contributed by atoms with Crippen LogP contribution in [-0.4, -0.2) is 39.6 Å². The molecule has 3 aromatic rings. The molecule has 31 heavy (non-hydrogen) atoms. The first kappa shape index (κ1) is 21.0. The monoisotopic (exact) mass is 436 g/mol. The van der Waals surface area contributed by atoms with Crippen LogP contribution in [0.2, 0.25) is 0 Å². The second-order valence-corrected chi connectivity index (χ2v) is 7.38. The second kappa shape index (κ2) is 7.46. The zero-order chi connectivity index (χ0) is 22.4. The number of pyridine rings is 1. The summed E-state index contributed by atoms with van der Waals surface area (Å²) < 4.78 is 69.9. The number of anilines is 1. The number of hydrogen-bond donors (Lipinski definition) is 1. The van der Waals surface area contributed by atoms with Gasteiger partial charge in [0.25, 0.3) is 5.92 Å². The number of alkyl halides is 5. The van der Waals surface area contributed by atoms with Crippen LogP contribution in [0.5, 0.6) is 0 Å². The lowest BCUT2D eigenvalue weighted by Crippen LogP contribution is -2.55. The van der Waals surface area contributed by atoms with E-state index in [2.05, 4.69) is 9.97 Å². The molecular formula is C20H17F5N6. The average Bonchev–Trinajstić information content (AvgIpc) is 3.08. The third-order valence-electron chi connectivity index (χ3n) is 5.30. The summed E-state index contributed by atoms with van der Waals surface area (Å²) >= 11 is 0. The number of benzene rings is 1. The number of fused-ring (bicyclic) bond motifs is 1. The minimum Gasteiger partial charge on any atom is -0.340 e. The highest BCUT2D eigenvalue weighted by atomic mass is 19.4. The van der Waals surface area contributed by atoms with Gasteiger partial charge in [-0.2, -0.15) is 18.4 Å². The Labute approximate surface area is 173 Å². The molecule has 0 radical (unpaired) electrons. The van der Waals surface area contributed by atoms with Crippen molar-refractivity contribution in [3.05, 3.63) is 53.3 Å². The maximum Gasteiger partial charge on any atom is 0.418 e. The number of aromatic nitrogens is 3. The van der Waals surface area contributed by atoms with Gasteiger partial charge in [-0.1, -0.05) is 6.07 Å². The van der Waals surface area contributed by atoms with E-state index in [0.29, 0.717) is 11.3 Å². The summed E-state index contributed by atoms with van der Waals surface area (Å²) in [6, 6.07) is 7.29. The minimum atomic E-state index is -4.63. The Balaban J connectivity index is 1.83. The van der Waals surface area contributed by atoms with Crippen molar-refractivity contribution in [1.29, 1.82) is 5.26 Å². The van der Waals surface area contributed by atoms with E-state index in [9.17, 15) is 22.0 Å².